The Kier molecular flexibility index (Phi) is 4.44. The molecule has 3 heterocycles. The molecule has 0 aliphatic carbocycles. The SMILES string of the molecule is CC(O)c1cc2n(c(=O)c1COC=O)CC1=C(CN)c3cc(O)ccc3NC12. The van der Waals surface area contributed by atoms with Crippen LogP contribution in [0.3, 0.4) is 0 Å². The number of aliphatic hydroxyl groups is 1. The number of aromatic hydroxyl groups is 1. The van der Waals surface area contributed by atoms with Gasteiger partial charge in [0.05, 0.1) is 17.7 Å². The molecule has 0 radical (unpaired) electrons. The van der Waals surface area contributed by atoms with Crippen molar-refractivity contribution in [1.29, 1.82) is 0 Å². The van der Waals surface area contributed by atoms with Crippen molar-refractivity contribution < 1.29 is 19.7 Å². The summed E-state index contributed by atoms with van der Waals surface area (Å²) in [4.78, 5) is 23.7. The Morgan fingerprint density at radius 2 is 2.21 bits per heavy atom. The molecule has 0 amide bonds. The van der Waals surface area contributed by atoms with E-state index in [-0.39, 0.29) is 42.5 Å². The highest BCUT2D eigenvalue weighted by atomic mass is 16.5. The first-order valence-electron chi connectivity index (χ1n) is 8.98. The lowest BCUT2D eigenvalue weighted by Crippen LogP contribution is -2.27. The van der Waals surface area contributed by atoms with Gasteiger partial charge in [0.15, 0.2) is 0 Å². The van der Waals surface area contributed by atoms with Crippen molar-refractivity contribution in [2.24, 2.45) is 5.73 Å². The number of aliphatic hydroxyl groups excluding tert-OH is 1. The summed E-state index contributed by atoms with van der Waals surface area (Å²) in [6.45, 7) is 2.25. The van der Waals surface area contributed by atoms with Crippen molar-refractivity contribution in [3.63, 3.8) is 0 Å². The van der Waals surface area contributed by atoms with Crippen molar-refractivity contribution in [1.82, 2.24) is 4.57 Å². The number of carbonyl (C=O) groups is 1. The van der Waals surface area contributed by atoms with Gasteiger partial charge < -0.3 is 30.6 Å². The molecule has 8 nitrogen and oxygen atoms in total. The van der Waals surface area contributed by atoms with Crippen LogP contribution in [-0.2, 0) is 22.7 Å². The summed E-state index contributed by atoms with van der Waals surface area (Å²) in [6.07, 6.45) is -0.890. The fourth-order valence-electron chi connectivity index (χ4n) is 4.11. The van der Waals surface area contributed by atoms with Crippen LogP contribution in [0.5, 0.6) is 5.75 Å². The number of hydrogen-bond acceptors (Lipinski definition) is 7. The van der Waals surface area contributed by atoms with Gasteiger partial charge in [-0.1, -0.05) is 0 Å². The number of benzene rings is 1. The minimum atomic E-state index is -0.890. The van der Waals surface area contributed by atoms with Crippen molar-refractivity contribution in [3.05, 3.63) is 62.6 Å². The fourth-order valence-corrected chi connectivity index (χ4v) is 4.11. The van der Waals surface area contributed by atoms with Crippen LogP contribution < -0.4 is 16.6 Å². The number of carbonyl (C=O) groups excluding carboxylic acids is 1. The third-order valence-corrected chi connectivity index (χ3v) is 5.41. The fraction of sp³-hybridized carbons (Fsp3) is 0.300. The van der Waals surface area contributed by atoms with E-state index in [0.29, 0.717) is 12.1 Å². The van der Waals surface area contributed by atoms with Crippen molar-refractivity contribution in [2.45, 2.75) is 32.2 Å². The molecule has 2 aromatic rings. The quantitative estimate of drug-likeness (QED) is 0.451. The largest absolute Gasteiger partial charge is 0.508 e. The summed E-state index contributed by atoms with van der Waals surface area (Å²) in [5, 5.41) is 23.4. The van der Waals surface area contributed by atoms with E-state index in [1.54, 1.807) is 35.8 Å². The predicted octanol–water partition coefficient (Wildman–Crippen LogP) is 1.17. The predicted molar refractivity (Wildman–Crippen MR) is 103 cm³/mol. The summed E-state index contributed by atoms with van der Waals surface area (Å²) in [7, 11) is 0. The molecule has 2 aliphatic rings. The van der Waals surface area contributed by atoms with E-state index in [9.17, 15) is 19.8 Å². The van der Waals surface area contributed by atoms with E-state index < -0.39 is 6.10 Å². The number of pyridine rings is 1. The number of aromatic nitrogens is 1. The molecular formula is C20H21N3O5. The zero-order valence-corrected chi connectivity index (χ0v) is 15.3. The van der Waals surface area contributed by atoms with Gasteiger partial charge >= 0.3 is 0 Å². The molecule has 28 heavy (non-hydrogen) atoms. The molecule has 8 heteroatoms. The van der Waals surface area contributed by atoms with E-state index >= 15 is 0 Å². The standard InChI is InChI=1S/C20H21N3O5/c1-10(25)12-5-18-19-15(7-23(18)20(27)16(12)8-28-9-24)14(6-21)13-4-11(26)2-3-17(13)22-19/h2-5,9-10,19,22,25-26H,6-8,21H2,1H3. The Bertz CT molecular complexity index is 1050. The van der Waals surface area contributed by atoms with E-state index in [1.807, 2.05) is 0 Å². The van der Waals surface area contributed by atoms with Crippen LogP contribution in [0, 0.1) is 0 Å². The average Bonchev–Trinajstić information content (AvgIpc) is 3.03. The molecule has 2 aliphatic heterocycles. The number of nitrogens with zero attached hydrogens (tertiary/aromatic N) is 1. The molecule has 1 aromatic heterocycles. The Labute approximate surface area is 160 Å². The van der Waals surface area contributed by atoms with Crippen LogP contribution in [-0.4, -0.2) is 27.8 Å². The summed E-state index contributed by atoms with van der Waals surface area (Å²) < 4.78 is 6.41. The van der Waals surface area contributed by atoms with Crippen molar-refractivity contribution in [3.8, 4) is 5.75 Å². The maximum atomic E-state index is 13.1. The number of hydrogen-bond donors (Lipinski definition) is 4. The molecule has 146 valence electrons. The Morgan fingerprint density at radius 3 is 2.89 bits per heavy atom. The minimum Gasteiger partial charge on any atom is -0.508 e. The van der Waals surface area contributed by atoms with Gasteiger partial charge in [-0.05, 0) is 47.9 Å². The lowest BCUT2D eigenvalue weighted by Gasteiger charge is -2.28. The van der Waals surface area contributed by atoms with E-state index in [1.165, 1.54) is 0 Å². The molecule has 0 saturated heterocycles. The van der Waals surface area contributed by atoms with Crippen LogP contribution in [0.25, 0.3) is 5.57 Å². The van der Waals surface area contributed by atoms with Crippen LogP contribution in [0.2, 0.25) is 0 Å². The van der Waals surface area contributed by atoms with Crippen LogP contribution >= 0.6 is 0 Å². The van der Waals surface area contributed by atoms with Crippen LogP contribution in [0.15, 0.2) is 34.6 Å². The van der Waals surface area contributed by atoms with Crippen LogP contribution in [0.4, 0.5) is 5.69 Å². The Balaban J connectivity index is 1.91. The Hall–Kier alpha value is -3.10. The lowest BCUT2D eigenvalue weighted by molar-refractivity contribution is -0.129. The number of rotatable bonds is 5. The molecule has 1 aromatic carbocycles. The van der Waals surface area contributed by atoms with Gasteiger partial charge in [0, 0.05) is 30.0 Å². The highest BCUT2D eigenvalue weighted by Gasteiger charge is 2.36. The van der Waals surface area contributed by atoms with Gasteiger partial charge in [0.1, 0.15) is 12.4 Å². The zero-order chi connectivity index (χ0) is 20.0. The molecule has 4 rings (SSSR count). The van der Waals surface area contributed by atoms with Gasteiger partial charge in [-0.15, -0.1) is 0 Å². The first kappa shape index (κ1) is 18.3. The zero-order valence-electron chi connectivity index (χ0n) is 15.3. The summed E-state index contributed by atoms with van der Waals surface area (Å²) in [6, 6.07) is 6.54. The number of anilines is 1. The molecule has 5 N–H and O–H groups in total. The lowest BCUT2D eigenvalue weighted by atomic mass is 9.89. The molecule has 0 fully saturated rings. The minimum absolute atomic E-state index is 0.142. The van der Waals surface area contributed by atoms with Gasteiger partial charge in [-0.25, -0.2) is 0 Å². The normalized spacial score (nSPS) is 18.0. The second-order valence-electron chi connectivity index (χ2n) is 6.99. The maximum absolute atomic E-state index is 13.1. The molecule has 0 saturated carbocycles. The van der Waals surface area contributed by atoms with Gasteiger partial charge in [0.2, 0.25) is 0 Å². The molecule has 0 spiro atoms. The molecular weight excluding hydrogens is 362 g/mol. The Morgan fingerprint density at radius 1 is 1.43 bits per heavy atom. The maximum Gasteiger partial charge on any atom is 0.293 e. The molecule has 0 bridgehead atoms. The highest BCUT2D eigenvalue weighted by Crippen LogP contribution is 2.45. The van der Waals surface area contributed by atoms with Gasteiger partial charge in [0.25, 0.3) is 12.0 Å². The average molecular weight is 383 g/mol. The topological polar surface area (TPSA) is 127 Å². The summed E-state index contributed by atoms with van der Waals surface area (Å²) in [5.74, 6) is 0.142. The molecule has 2 atom stereocenters. The third kappa shape index (κ3) is 2.69. The highest BCUT2D eigenvalue weighted by molar-refractivity contribution is 5.85. The smallest absolute Gasteiger partial charge is 0.293 e. The van der Waals surface area contributed by atoms with Crippen molar-refractivity contribution >= 4 is 17.7 Å². The van der Waals surface area contributed by atoms with Crippen molar-refractivity contribution in [2.75, 3.05) is 11.9 Å². The number of nitrogens with two attached hydrogens (primary N) is 1. The first-order valence-corrected chi connectivity index (χ1v) is 8.98. The molecule has 2 unspecified atom stereocenters. The number of nitrogens with one attached hydrogen (secondary N) is 1. The second-order valence-corrected chi connectivity index (χ2v) is 6.99. The van der Waals surface area contributed by atoms with E-state index in [4.69, 9.17) is 10.5 Å². The second kappa shape index (κ2) is 6.81. The number of fused-ring (bicyclic) bond motifs is 4. The van der Waals surface area contributed by atoms with E-state index in [0.717, 1.165) is 28.1 Å². The van der Waals surface area contributed by atoms with Gasteiger partial charge in [-0.3, -0.25) is 9.59 Å². The number of ether oxygens (including phenoxy) is 1. The van der Waals surface area contributed by atoms with Crippen LogP contribution in [0.1, 0.15) is 41.5 Å². The number of phenols is 1. The number of phenolic OH excluding ortho intramolecular Hbond substituents is 1. The third-order valence-electron chi connectivity index (χ3n) is 5.41. The van der Waals surface area contributed by atoms with E-state index in [2.05, 4.69) is 5.32 Å². The monoisotopic (exact) mass is 383 g/mol. The van der Waals surface area contributed by atoms with Gasteiger partial charge in [-0.2, -0.15) is 0 Å². The summed E-state index contributed by atoms with van der Waals surface area (Å²) in [5.41, 5.74) is 10.6. The first-order chi connectivity index (χ1) is 13.5. The summed E-state index contributed by atoms with van der Waals surface area (Å²) >= 11 is 0.